The predicted molar refractivity (Wildman–Crippen MR) is 73.2 cm³/mol. The van der Waals surface area contributed by atoms with Crippen molar-refractivity contribution in [2.45, 2.75) is 19.4 Å². The summed E-state index contributed by atoms with van der Waals surface area (Å²) < 4.78 is 13.7. The first-order valence-corrected chi connectivity index (χ1v) is 6.20. The van der Waals surface area contributed by atoms with Crippen LogP contribution in [0.15, 0.2) is 42.5 Å². The Hall–Kier alpha value is -1.38. The van der Waals surface area contributed by atoms with Gasteiger partial charge in [-0.1, -0.05) is 47.5 Å². The second-order valence-corrected chi connectivity index (χ2v) is 4.90. The quantitative estimate of drug-likeness (QED) is 0.889. The Labute approximate surface area is 111 Å². The molecule has 3 heteroatoms. The van der Waals surface area contributed by atoms with E-state index in [4.69, 9.17) is 17.3 Å². The van der Waals surface area contributed by atoms with E-state index >= 15 is 0 Å². The highest BCUT2D eigenvalue weighted by Gasteiger charge is 2.10. The van der Waals surface area contributed by atoms with Crippen LogP contribution in [0.5, 0.6) is 0 Å². The van der Waals surface area contributed by atoms with Crippen molar-refractivity contribution in [1.29, 1.82) is 0 Å². The smallest absolute Gasteiger partial charge is 0.127 e. The first-order valence-electron chi connectivity index (χ1n) is 5.82. The summed E-state index contributed by atoms with van der Waals surface area (Å²) in [7, 11) is 0. The van der Waals surface area contributed by atoms with Crippen LogP contribution >= 0.6 is 11.6 Å². The standard InChI is InChI=1S/C15H15ClFN/c1-10-3-2-4-12(7-10)15(18)8-11-5-6-13(16)9-14(11)17/h2-7,9,15H,8,18H2,1H3. The molecule has 1 nitrogen and oxygen atoms in total. The van der Waals surface area contributed by atoms with Crippen LogP contribution in [0.1, 0.15) is 22.7 Å². The number of hydrogen-bond acceptors (Lipinski definition) is 1. The zero-order valence-electron chi connectivity index (χ0n) is 10.2. The molecule has 0 aliphatic heterocycles. The summed E-state index contributed by atoms with van der Waals surface area (Å²) in [6.07, 6.45) is 0.465. The van der Waals surface area contributed by atoms with Crippen LogP contribution in [0.3, 0.4) is 0 Å². The van der Waals surface area contributed by atoms with Crippen molar-refractivity contribution < 1.29 is 4.39 Å². The molecule has 1 atom stereocenters. The third-order valence-electron chi connectivity index (χ3n) is 2.93. The van der Waals surface area contributed by atoms with Gasteiger partial charge in [0.2, 0.25) is 0 Å². The van der Waals surface area contributed by atoms with E-state index in [1.807, 2.05) is 31.2 Å². The van der Waals surface area contributed by atoms with Gasteiger partial charge in [-0.2, -0.15) is 0 Å². The molecule has 0 saturated heterocycles. The minimum atomic E-state index is -0.300. The molecule has 0 aromatic heterocycles. The number of benzene rings is 2. The monoisotopic (exact) mass is 263 g/mol. The Kier molecular flexibility index (Phi) is 4.00. The van der Waals surface area contributed by atoms with Crippen molar-refractivity contribution in [2.75, 3.05) is 0 Å². The Balaban J connectivity index is 2.18. The van der Waals surface area contributed by atoms with Crippen LogP contribution in [0.25, 0.3) is 0 Å². The lowest BCUT2D eigenvalue weighted by molar-refractivity contribution is 0.593. The molecule has 0 heterocycles. The van der Waals surface area contributed by atoms with Gasteiger partial charge < -0.3 is 5.73 Å². The molecule has 0 saturated carbocycles. The van der Waals surface area contributed by atoms with Gasteiger partial charge in [0.15, 0.2) is 0 Å². The van der Waals surface area contributed by atoms with E-state index in [0.29, 0.717) is 17.0 Å². The van der Waals surface area contributed by atoms with E-state index in [9.17, 15) is 4.39 Å². The van der Waals surface area contributed by atoms with Gasteiger partial charge in [-0.05, 0) is 36.6 Å². The lowest BCUT2D eigenvalue weighted by Crippen LogP contribution is -2.14. The largest absolute Gasteiger partial charge is 0.324 e. The molecule has 2 aromatic rings. The molecule has 2 aromatic carbocycles. The predicted octanol–water partition coefficient (Wildman–Crippen LogP) is 4.03. The fraction of sp³-hybridized carbons (Fsp3) is 0.200. The van der Waals surface area contributed by atoms with E-state index in [-0.39, 0.29) is 11.9 Å². The number of aryl methyl sites for hydroxylation is 1. The normalized spacial score (nSPS) is 12.4. The molecule has 0 spiro atoms. The maximum absolute atomic E-state index is 13.7. The van der Waals surface area contributed by atoms with E-state index in [1.165, 1.54) is 6.07 Å². The van der Waals surface area contributed by atoms with Crippen LogP contribution in [0, 0.1) is 12.7 Å². The van der Waals surface area contributed by atoms with Crippen molar-refractivity contribution in [3.8, 4) is 0 Å². The Morgan fingerprint density at radius 3 is 2.67 bits per heavy atom. The molecular weight excluding hydrogens is 249 g/mol. The lowest BCUT2D eigenvalue weighted by Gasteiger charge is -2.13. The topological polar surface area (TPSA) is 26.0 Å². The van der Waals surface area contributed by atoms with Crippen molar-refractivity contribution in [2.24, 2.45) is 5.73 Å². The van der Waals surface area contributed by atoms with Crippen molar-refractivity contribution in [1.82, 2.24) is 0 Å². The highest BCUT2D eigenvalue weighted by atomic mass is 35.5. The zero-order chi connectivity index (χ0) is 13.1. The number of nitrogens with two attached hydrogens (primary N) is 1. The fourth-order valence-electron chi connectivity index (χ4n) is 1.94. The molecule has 0 amide bonds. The van der Waals surface area contributed by atoms with Crippen LogP contribution < -0.4 is 5.73 Å². The maximum atomic E-state index is 13.7. The summed E-state index contributed by atoms with van der Waals surface area (Å²) in [5.74, 6) is -0.300. The van der Waals surface area contributed by atoms with Crippen molar-refractivity contribution >= 4 is 11.6 Å². The SMILES string of the molecule is Cc1cccc(C(N)Cc2ccc(Cl)cc2F)c1. The third-order valence-corrected chi connectivity index (χ3v) is 3.16. The molecule has 18 heavy (non-hydrogen) atoms. The summed E-state index contributed by atoms with van der Waals surface area (Å²) in [4.78, 5) is 0. The van der Waals surface area contributed by atoms with Crippen LogP contribution in [-0.2, 0) is 6.42 Å². The molecule has 0 aliphatic rings. The molecule has 0 bridgehead atoms. The first-order chi connectivity index (χ1) is 8.56. The average molecular weight is 264 g/mol. The van der Waals surface area contributed by atoms with Gasteiger partial charge in [-0.25, -0.2) is 4.39 Å². The van der Waals surface area contributed by atoms with E-state index in [2.05, 4.69) is 0 Å². The molecule has 2 N–H and O–H groups in total. The van der Waals surface area contributed by atoms with E-state index in [0.717, 1.165) is 11.1 Å². The van der Waals surface area contributed by atoms with Crippen molar-refractivity contribution in [3.63, 3.8) is 0 Å². The molecule has 1 unspecified atom stereocenters. The zero-order valence-corrected chi connectivity index (χ0v) is 10.9. The average Bonchev–Trinajstić information content (AvgIpc) is 2.32. The second-order valence-electron chi connectivity index (χ2n) is 4.46. The van der Waals surface area contributed by atoms with E-state index in [1.54, 1.807) is 12.1 Å². The first kappa shape index (κ1) is 13.1. The Bertz CT molecular complexity index is 554. The summed E-state index contributed by atoms with van der Waals surface area (Å²) in [5.41, 5.74) is 8.86. The van der Waals surface area contributed by atoms with Gasteiger partial charge >= 0.3 is 0 Å². The summed E-state index contributed by atoms with van der Waals surface area (Å²) in [6, 6.07) is 12.4. The molecule has 0 fully saturated rings. The van der Waals surface area contributed by atoms with Crippen LogP contribution in [0.4, 0.5) is 4.39 Å². The second kappa shape index (κ2) is 5.51. The minimum absolute atomic E-state index is 0.208. The summed E-state index contributed by atoms with van der Waals surface area (Å²) in [6.45, 7) is 2.01. The summed E-state index contributed by atoms with van der Waals surface area (Å²) in [5, 5.41) is 0.403. The van der Waals surface area contributed by atoms with Gasteiger partial charge in [0.05, 0.1) is 0 Å². The van der Waals surface area contributed by atoms with Gasteiger partial charge in [-0.3, -0.25) is 0 Å². The number of halogens is 2. The summed E-state index contributed by atoms with van der Waals surface area (Å²) >= 11 is 5.72. The third kappa shape index (κ3) is 3.09. The van der Waals surface area contributed by atoms with Crippen molar-refractivity contribution in [3.05, 3.63) is 70.0 Å². The Morgan fingerprint density at radius 1 is 1.22 bits per heavy atom. The van der Waals surface area contributed by atoms with Crippen LogP contribution in [-0.4, -0.2) is 0 Å². The molecule has 2 rings (SSSR count). The highest BCUT2D eigenvalue weighted by molar-refractivity contribution is 6.30. The van der Waals surface area contributed by atoms with E-state index < -0.39 is 0 Å². The van der Waals surface area contributed by atoms with Gasteiger partial charge in [0.25, 0.3) is 0 Å². The molecule has 0 aliphatic carbocycles. The number of rotatable bonds is 3. The minimum Gasteiger partial charge on any atom is -0.324 e. The highest BCUT2D eigenvalue weighted by Crippen LogP contribution is 2.21. The lowest BCUT2D eigenvalue weighted by atomic mass is 9.98. The fourth-order valence-corrected chi connectivity index (χ4v) is 2.10. The van der Waals surface area contributed by atoms with Gasteiger partial charge in [0, 0.05) is 11.1 Å². The van der Waals surface area contributed by atoms with Gasteiger partial charge in [0.1, 0.15) is 5.82 Å². The van der Waals surface area contributed by atoms with Gasteiger partial charge in [-0.15, -0.1) is 0 Å². The maximum Gasteiger partial charge on any atom is 0.127 e. The molecular formula is C15H15ClFN. The Morgan fingerprint density at radius 2 is 2.00 bits per heavy atom. The molecule has 0 radical (unpaired) electrons. The molecule has 94 valence electrons. The van der Waals surface area contributed by atoms with Crippen LogP contribution in [0.2, 0.25) is 5.02 Å². The number of hydrogen-bond donors (Lipinski definition) is 1.